The minimum absolute atomic E-state index is 0.0166. The summed E-state index contributed by atoms with van der Waals surface area (Å²) in [6.45, 7) is -0.658. The summed E-state index contributed by atoms with van der Waals surface area (Å²) >= 11 is 0. The maximum atomic E-state index is 11.8. The fraction of sp³-hybridized carbons (Fsp3) is 0.333. The molecule has 0 aliphatic rings. The molecule has 22 heavy (non-hydrogen) atoms. The van der Waals surface area contributed by atoms with Gasteiger partial charge < -0.3 is 15.4 Å². The first-order valence-electron chi connectivity index (χ1n) is 6.74. The summed E-state index contributed by atoms with van der Waals surface area (Å²) in [5, 5.41) is 4.62. The molecule has 0 radical (unpaired) electrons. The predicted molar refractivity (Wildman–Crippen MR) is 78.0 cm³/mol. The van der Waals surface area contributed by atoms with E-state index >= 15 is 0 Å². The fourth-order valence-electron chi connectivity index (χ4n) is 1.52. The number of esters is 1. The van der Waals surface area contributed by atoms with E-state index in [0.29, 0.717) is 5.56 Å². The van der Waals surface area contributed by atoms with Crippen LogP contribution in [0.25, 0.3) is 0 Å². The molecule has 0 aromatic heterocycles. The number of carbonyl (C=O) groups excluding carboxylic acids is 4. The number of ketones is 1. The normalized spacial score (nSPS) is 9.68. The smallest absolute Gasteiger partial charge is 0.306 e. The SMILES string of the molecule is CNC(=O)CNC(=O)COC(=O)CCC(=O)c1ccccc1. The van der Waals surface area contributed by atoms with E-state index in [0.717, 1.165) is 0 Å². The Morgan fingerprint density at radius 2 is 1.68 bits per heavy atom. The highest BCUT2D eigenvalue weighted by molar-refractivity contribution is 5.97. The molecule has 0 spiro atoms. The standard InChI is InChI=1S/C15H18N2O5/c1-16-13(19)9-17-14(20)10-22-15(21)8-7-12(18)11-5-3-2-4-6-11/h2-6H,7-10H2,1H3,(H,16,19)(H,17,20). The van der Waals surface area contributed by atoms with Crippen molar-refractivity contribution in [2.75, 3.05) is 20.2 Å². The lowest BCUT2D eigenvalue weighted by atomic mass is 10.1. The van der Waals surface area contributed by atoms with Gasteiger partial charge in [0, 0.05) is 19.0 Å². The van der Waals surface area contributed by atoms with Gasteiger partial charge in [-0.2, -0.15) is 0 Å². The van der Waals surface area contributed by atoms with Crippen molar-refractivity contribution in [3.8, 4) is 0 Å². The Bertz CT molecular complexity index is 542. The number of benzene rings is 1. The summed E-state index contributed by atoms with van der Waals surface area (Å²) in [5.74, 6) is -1.74. The lowest BCUT2D eigenvalue weighted by molar-refractivity contribution is -0.148. The third kappa shape index (κ3) is 6.65. The lowest BCUT2D eigenvalue weighted by Gasteiger charge is -2.06. The van der Waals surface area contributed by atoms with Gasteiger partial charge in [0.25, 0.3) is 5.91 Å². The summed E-state index contributed by atoms with van der Waals surface area (Å²) in [7, 11) is 1.44. The highest BCUT2D eigenvalue weighted by Gasteiger charge is 2.12. The molecule has 0 fully saturated rings. The monoisotopic (exact) mass is 306 g/mol. The first-order chi connectivity index (χ1) is 10.5. The molecule has 0 saturated carbocycles. The van der Waals surface area contributed by atoms with Crippen LogP contribution < -0.4 is 10.6 Å². The van der Waals surface area contributed by atoms with E-state index in [4.69, 9.17) is 4.74 Å². The number of Topliss-reactive ketones (excluding diaryl/α,β-unsaturated/α-hetero) is 1. The van der Waals surface area contributed by atoms with Gasteiger partial charge in [0.1, 0.15) is 0 Å². The quantitative estimate of drug-likeness (QED) is 0.522. The van der Waals surface area contributed by atoms with Crippen molar-refractivity contribution in [1.29, 1.82) is 0 Å². The molecule has 0 aliphatic heterocycles. The van der Waals surface area contributed by atoms with Crippen LogP contribution in [0.3, 0.4) is 0 Å². The van der Waals surface area contributed by atoms with E-state index in [-0.39, 0.29) is 31.1 Å². The van der Waals surface area contributed by atoms with Gasteiger partial charge in [0.05, 0.1) is 13.0 Å². The van der Waals surface area contributed by atoms with Crippen LogP contribution in [0.1, 0.15) is 23.2 Å². The molecule has 1 aromatic rings. The zero-order valence-electron chi connectivity index (χ0n) is 12.3. The van der Waals surface area contributed by atoms with Gasteiger partial charge in [-0.05, 0) is 0 Å². The van der Waals surface area contributed by atoms with Crippen LogP contribution in [0.5, 0.6) is 0 Å². The Morgan fingerprint density at radius 1 is 1.00 bits per heavy atom. The van der Waals surface area contributed by atoms with Gasteiger partial charge in [-0.15, -0.1) is 0 Å². The number of hydrogen-bond acceptors (Lipinski definition) is 5. The summed E-state index contributed by atoms with van der Waals surface area (Å²) in [6, 6.07) is 8.60. The van der Waals surface area contributed by atoms with E-state index in [1.165, 1.54) is 7.05 Å². The first kappa shape index (κ1) is 17.4. The average Bonchev–Trinajstić information content (AvgIpc) is 2.56. The molecular weight excluding hydrogens is 288 g/mol. The van der Waals surface area contributed by atoms with Crippen molar-refractivity contribution in [3.63, 3.8) is 0 Å². The van der Waals surface area contributed by atoms with Gasteiger partial charge in [0.15, 0.2) is 12.4 Å². The van der Waals surface area contributed by atoms with Gasteiger partial charge in [-0.1, -0.05) is 30.3 Å². The second kappa shape index (κ2) is 9.28. The number of amides is 2. The van der Waals surface area contributed by atoms with Crippen LogP contribution in [-0.4, -0.2) is 43.8 Å². The zero-order chi connectivity index (χ0) is 16.4. The van der Waals surface area contributed by atoms with Crippen molar-refractivity contribution in [1.82, 2.24) is 10.6 Å². The third-order valence-corrected chi connectivity index (χ3v) is 2.74. The van der Waals surface area contributed by atoms with Gasteiger partial charge >= 0.3 is 5.97 Å². The molecule has 118 valence electrons. The predicted octanol–water partition coefficient (Wildman–Crippen LogP) is 0.0549. The number of ether oxygens (including phenoxy) is 1. The molecule has 1 rings (SSSR count). The molecule has 0 bridgehead atoms. The first-order valence-corrected chi connectivity index (χ1v) is 6.74. The van der Waals surface area contributed by atoms with E-state index in [2.05, 4.69) is 10.6 Å². The van der Waals surface area contributed by atoms with Gasteiger partial charge in [0.2, 0.25) is 5.91 Å². The molecule has 7 heteroatoms. The van der Waals surface area contributed by atoms with Crippen LogP contribution in [0.2, 0.25) is 0 Å². The molecule has 0 saturated heterocycles. The Morgan fingerprint density at radius 3 is 2.32 bits per heavy atom. The Balaban J connectivity index is 2.22. The van der Waals surface area contributed by atoms with Gasteiger partial charge in [-0.3, -0.25) is 19.2 Å². The molecule has 0 unspecified atom stereocenters. The summed E-state index contributed by atoms with van der Waals surface area (Å²) in [6.07, 6.45) is -0.0842. The molecule has 2 N–H and O–H groups in total. The van der Waals surface area contributed by atoms with E-state index in [9.17, 15) is 19.2 Å². The molecule has 0 aliphatic carbocycles. The van der Waals surface area contributed by atoms with Crippen LogP contribution >= 0.6 is 0 Å². The second-order valence-electron chi connectivity index (χ2n) is 4.40. The topological polar surface area (TPSA) is 102 Å². The van der Waals surface area contributed by atoms with E-state index < -0.39 is 18.5 Å². The van der Waals surface area contributed by atoms with Crippen molar-refractivity contribution < 1.29 is 23.9 Å². The number of nitrogens with one attached hydrogen (secondary N) is 2. The molecule has 2 amide bonds. The van der Waals surface area contributed by atoms with E-state index in [1.54, 1.807) is 30.3 Å². The lowest BCUT2D eigenvalue weighted by Crippen LogP contribution is -2.37. The summed E-state index contributed by atoms with van der Waals surface area (Å²) in [5.41, 5.74) is 0.527. The van der Waals surface area contributed by atoms with Crippen molar-refractivity contribution in [2.45, 2.75) is 12.8 Å². The van der Waals surface area contributed by atoms with Crippen LogP contribution in [0.15, 0.2) is 30.3 Å². The summed E-state index contributed by atoms with van der Waals surface area (Å²) in [4.78, 5) is 45.4. The number of likely N-dealkylation sites (N-methyl/N-ethyl adjacent to an activating group) is 1. The van der Waals surface area contributed by atoms with Crippen LogP contribution in [-0.2, 0) is 19.1 Å². The highest BCUT2D eigenvalue weighted by atomic mass is 16.5. The maximum Gasteiger partial charge on any atom is 0.306 e. The molecule has 0 heterocycles. The Labute approximate surface area is 128 Å². The second-order valence-corrected chi connectivity index (χ2v) is 4.40. The molecule has 0 atom stereocenters. The minimum atomic E-state index is -0.639. The highest BCUT2D eigenvalue weighted by Crippen LogP contribution is 2.05. The van der Waals surface area contributed by atoms with Gasteiger partial charge in [-0.25, -0.2) is 0 Å². The molecule has 7 nitrogen and oxygen atoms in total. The molecule has 1 aromatic carbocycles. The zero-order valence-corrected chi connectivity index (χ0v) is 12.3. The fourth-order valence-corrected chi connectivity index (χ4v) is 1.52. The van der Waals surface area contributed by atoms with E-state index in [1.807, 2.05) is 0 Å². The van der Waals surface area contributed by atoms with Crippen molar-refractivity contribution in [3.05, 3.63) is 35.9 Å². The third-order valence-electron chi connectivity index (χ3n) is 2.74. The maximum absolute atomic E-state index is 11.8. The van der Waals surface area contributed by atoms with Crippen LogP contribution in [0.4, 0.5) is 0 Å². The number of hydrogen-bond donors (Lipinski definition) is 2. The van der Waals surface area contributed by atoms with Crippen LogP contribution in [0, 0.1) is 0 Å². The number of rotatable bonds is 8. The number of carbonyl (C=O) groups is 4. The minimum Gasteiger partial charge on any atom is -0.456 e. The van der Waals surface area contributed by atoms with Crippen molar-refractivity contribution >= 4 is 23.6 Å². The average molecular weight is 306 g/mol. The van der Waals surface area contributed by atoms with Crippen molar-refractivity contribution in [2.24, 2.45) is 0 Å². The molecular formula is C15H18N2O5. The Hall–Kier alpha value is -2.70. The Kier molecular flexibility index (Phi) is 7.32. The summed E-state index contributed by atoms with van der Waals surface area (Å²) < 4.78 is 4.72. The largest absolute Gasteiger partial charge is 0.456 e.